The first-order valence-electron chi connectivity index (χ1n) is 7.13. The van der Waals surface area contributed by atoms with Crippen LogP contribution in [0.4, 0.5) is 0 Å². The van der Waals surface area contributed by atoms with E-state index < -0.39 is 10.0 Å². The maximum Gasteiger partial charge on any atom is 0.212 e. The lowest BCUT2D eigenvalue weighted by atomic mass is 10.3. The Morgan fingerprint density at radius 3 is 2.70 bits per heavy atom. The Bertz CT molecular complexity index is 486. The van der Waals surface area contributed by atoms with Crippen LogP contribution in [-0.2, 0) is 16.4 Å². The van der Waals surface area contributed by atoms with Gasteiger partial charge in [-0.1, -0.05) is 13.8 Å². The van der Waals surface area contributed by atoms with Crippen LogP contribution in [0.25, 0.3) is 0 Å². The minimum Gasteiger partial charge on any atom is -0.317 e. The van der Waals surface area contributed by atoms with Crippen LogP contribution >= 0.6 is 11.3 Å². The van der Waals surface area contributed by atoms with Crippen molar-refractivity contribution in [1.82, 2.24) is 15.0 Å². The molecule has 0 aromatic carbocycles. The Labute approximate surface area is 126 Å². The van der Waals surface area contributed by atoms with Crippen molar-refractivity contribution in [2.75, 3.05) is 18.8 Å². The molecule has 20 heavy (non-hydrogen) atoms. The van der Waals surface area contributed by atoms with Gasteiger partial charge in [0.25, 0.3) is 0 Å². The molecule has 1 aromatic heterocycles. The lowest BCUT2D eigenvalue weighted by Crippen LogP contribution is -2.29. The summed E-state index contributed by atoms with van der Waals surface area (Å²) in [7, 11) is -3.22. The summed E-state index contributed by atoms with van der Waals surface area (Å²) in [5, 5.41) is 4.02. The first kappa shape index (κ1) is 17.6. The number of thiazole rings is 1. The highest BCUT2D eigenvalue weighted by Crippen LogP contribution is 2.20. The molecule has 0 amide bonds. The summed E-state index contributed by atoms with van der Waals surface area (Å²) in [5.74, 6) is 0.175. The molecule has 0 fully saturated rings. The average molecular weight is 319 g/mol. The van der Waals surface area contributed by atoms with E-state index in [1.54, 1.807) is 11.3 Å². The highest BCUT2D eigenvalue weighted by molar-refractivity contribution is 7.89. The number of hydrogen-bond donors (Lipinski definition) is 2. The summed E-state index contributed by atoms with van der Waals surface area (Å²) >= 11 is 1.57. The number of sulfonamides is 1. The van der Waals surface area contributed by atoms with E-state index in [-0.39, 0.29) is 11.8 Å². The van der Waals surface area contributed by atoms with Gasteiger partial charge in [0.2, 0.25) is 10.0 Å². The third-order valence-corrected chi connectivity index (χ3v) is 5.78. The SMILES string of the molecule is CCNCCCCS(=O)(=O)NC(C)c1ncc(CC)s1. The van der Waals surface area contributed by atoms with E-state index in [0.29, 0.717) is 6.42 Å². The van der Waals surface area contributed by atoms with Gasteiger partial charge in [0.05, 0.1) is 11.8 Å². The quantitative estimate of drug-likeness (QED) is 0.648. The molecule has 1 unspecified atom stereocenters. The predicted molar refractivity (Wildman–Crippen MR) is 84.6 cm³/mol. The van der Waals surface area contributed by atoms with Crippen molar-refractivity contribution in [1.29, 1.82) is 0 Å². The fourth-order valence-corrected chi connectivity index (χ4v) is 4.07. The monoisotopic (exact) mass is 319 g/mol. The zero-order valence-electron chi connectivity index (χ0n) is 12.5. The van der Waals surface area contributed by atoms with E-state index in [4.69, 9.17) is 0 Å². The number of nitrogens with zero attached hydrogens (tertiary/aromatic N) is 1. The van der Waals surface area contributed by atoms with Crippen LogP contribution in [-0.4, -0.2) is 32.2 Å². The van der Waals surface area contributed by atoms with Crippen molar-refractivity contribution in [2.24, 2.45) is 0 Å². The van der Waals surface area contributed by atoms with Crippen molar-refractivity contribution in [3.05, 3.63) is 16.1 Å². The molecular formula is C13H25N3O2S2. The first-order valence-corrected chi connectivity index (χ1v) is 9.60. The largest absolute Gasteiger partial charge is 0.317 e. The van der Waals surface area contributed by atoms with E-state index in [1.165, 1.54) is 4.88 Å². The zero-order chi connectivity index (χ0) is 15.0. The van der Waals surface area contributed by atoms with Crippen molar-refractivity contribution >= 4 is 21.4 Å². The number of unbranched alkanes of at least 4 members (excludes halogenated alkanes) is 1. The Morgan fingerprint density at radius 2 is 2.10 bits per heavy atom. The smallest absolute Gasteiger partial charge is 0.212 e. The lowest BCUT2D eigenvalue weighted by Gasteiger charge is -2.11. The molecule has 0 saturated carbocycles. The van der Waals surface area contributed by atoms with E-state index >= 15 is 0 Å². The van der Waals surface area contributed by atoms with Gasteiger partial charge < -0.3 is 5.32 Å². The van der Waals surface area contributed by atoms with Crippen molar-refractivity contribution < 1.29 is 8.42 Å². The van der Waals surface area contributed by atoms with Crippen molar-refractivity contribution in [3.8, 4) is 0 Å². The van der Waals surface area contributed by atoms with Crippen LogP contribution < -0.4 is 10.0 Å². The molecule has 1 atom stereocenters. The van der Waals surface area contributed by atoms with E-state index in [1.807, 2.05) is 20.0 Å². The molecular weight excluding hydrogens is 294 g/mol. The van der Waals surface area contributed by atoms with E-state index in [0.717, 1.165) is 30.9 Å². The Kier molecular flexibility index (Phi) is 7.65. The minimum absolute atomic E-state index is 0.175. The first-order chi connectivity index (χ1) is 9.48. The Hall–Kier alpha value is -0.500. The summed E-state index contributed by atoms with van der Waals surface area (Å²) in [6, 6.07) is -0.251. The number of nitrogens with one attached hydrogen (secondary N) is 2. The van der Waals surface area contributed by atoms with E-state index in [9.17, 15) is 8.42 Å². The van der Waals surface area contributed by atoms with Crippen LogP contribution in [0.3, 0.4) is 0 Å². The third kappa shape index (κ3) is 6.30. The van der Waals surface area contributed by atoms with E-state index in [2.05, 4.69) is 21.9 Å². The van der Waals surface area contributed by atoms with Gasteiger partial charge in [-0.2, -0.15) is 0 Å². The fraction of sp³-hybridized carbons (Fsp3) is 0.769. The summed E-state index contributed by atoms with van der Waals surface area (Å²) in [5.41, 5.74) is 0. The average Bonchev–Trinajstić information content (AvgIpc) is 2.86. The highest BCUT2D eigenvalue weighted by atomic mass is 32.2. The summed E-state index contributed by atoms with van der Waals surface area (Å²) in [4.78, 5) is 5.45. The number of aryl methyl sites for hydroxylation is 1. The Balaban J connectivity index is 2.40. The normalized spacial score (nSPS) is 13.6. The van der Waals surface area contributed by atoms with Gasteiger partial charge >= 0.3 is 0 Å². The molecule has 0 radical (unpaired) electrons. The molecule has 2 N–H and O–H groups in total. The van der Waals surface area contributed by atoms with Crippen LogP contribution in [0.2, 0.25) is 0 Å². The second kappa shape index (κ2) is 8.71. The second-order valence-electron chi connectivity index (χ2n) is 4.74. The molecule has 1 rings (SSSR count). The number of rotatable bonds is 10. The summed E-state index contributed by atoms with van der Waals surface area (Å²) in [6.45, 7) is 7.74. The van der Waals surface area contributed by atoms with Gasteiger partial charge in [0.15, 0.2) is 0 Å². The van der Waals surface area contributed by atoms with Gasteiger partial charge in [-0.15, -0.1) is 11.3 Å². The Morgan fingerprint density at radius 1 is 1.35 bits per heavy atom. The van der Waals surface area contributed by atoms with Crippen LogP contribution in [0.15, 0.2) is 6.20 Å². The minimum atomic E-state index is -3.22. The maximum atomic E-state index is 12.0. The third-order valence-electron chi connectivity index (χ3n) is 2.91. The van der Waals surface area contributed by atoms with Gasteiger partial charge in [-0.25, -0.2) is 18.1 Å². The summed E-state index contributed by atoms with van der Waals surface area (Å²) in [6.07, 6.45) is 4.30. The van der Waals surface area contributed by atoms with Crippen LogP contribution in [0.5, 0.6) is 0 Å². The fourth-order valence-electron chi connectivity index (χ4n) is 1.78. The lowest BCUT2D eigenvalue weighted by molar-refractivity contribution is 0.560. The molecule has 1 heterocycles. The molecule has 0 aliphatic carbocycles. The second-order valence-corrected chi connectivity index (χ2v) is 7.76. The number of hydrogen-bond acceptors (Lipinski definition) is 5. The molecule has 1 aromatic rings. The molecule has 7 heteroatoms. The zero-order valence-corrected chi connectivity index (χ0v) is 14.1. The van der Waals surface area contributed by atoms with Crippen LogP contribution in [0, 0.1) is 0 Å². The maximum absolute atomic E-state index is 12.0. The molecule has 0 aliphatic heterocycles. The number of aromatic nitrogens is 1. The van der Waals surface area contributed by atoms with Gasteiger partial charge in [-0.05, 0) is 39.3 Å². The molecule has 0 bridgehead atoms. The van der Waals surface area contributed by atoms with Gasteiger partial charge in [0, 0.05) is 11.1 Å². The molecule has 0 aliphatic rings. The van der Waals surface area contributed by atoms with Crippen LogP contribution in [0.1, 0.15) is 49.5 Å². The van der Waals surface area contributed by atoms with Gasteiger partial charge in [0.1, 0.15) is 5.01 Å². The standard InChI is InChI=1S/C13H25N3O2S2/c1-4-12-10-15-13(19-12)11(3)16-20(17,18)9-7-6-8-14-5-2/h10-11,14,16H,4-9H2,1-3H3. The molecule has 116 valence electrons. The predicted octanol–water partition coefficient (Wildman–Crippen LogP) is 2.08. The summed E-state index contributed by atoms with van der Waals surface area (Å²) < 4.78 is 26.6. The van der Waals surface area contributed by atoms with Crippen molar-refractivity contribution in [3.63, 3.8) is 0 Å². The van der Waals surface area contributed by atoms with Gasteiger partial charge in [-0.3, -0.25) is 0 Å². The highest BCUT2D eigenvalue weighted by Gasteiger charge is 2.17. The topological polar surface area (TPSA) is 71.1 Å². The molecule has 0 saturated heterocycles. The van der Waals surface area contributed by atoms with Crippen molar-refractivity contribution in [2.45, 2.75) is 46.1 Å². The molecule has 5 nitrogen and oxygen atoms in total. The molecule has 0 spiro atoms.